The van der Waals surface area contributed by atoms with Crippen molar-refractivity contribution < 1.29 is 13.2 Å². The second-order valence-electron chi connectivity index (χ2n) is 7.15. The summed E-state index contributed by atoms with van der Waals surface area (Å²) >= 11 is 1.39. The molecule has 0 saturated carbocycles. The molecule has 1 saturated heterocycles. The van der Waals surface area contributed by atoms with Crippen molar-refractivity contribution in [2.45, 2.75) is 61.4 Å². The van der Waals surface area contributed by atoms with Crippen LogP contribution in [0, 0.1) is 0 Å². The SMILES string of the molecule is CCCn1ccnc1SC(C)C(=O)Nc1cccc(S(=O)(=O)N2CCCCC2)c1. The molecule has 1 aromatic carbocycles. The van der Waals surface area contributed by atoms with E-state index in [1.165, 1.54) is 22.1 Å². The lowest BCUT2D eigenvalue weighted by atomic mass is 10.2. The van der Waals surface area contributed by atoms with Gasteiger partial charge in [0, 0.05) is 37.7 Å². The van der Waals surface area contributed by atoms with Crippen LogP contribution in [0.3, 0.4) is 0 Å². The standard InChI is InChI=1S/C20H28N4O3S2/c1-3-11-23-14-10-21-20(23)28-16(2)19(25)22-17-8-7-9-18(15-17)29(26,27)24-12-5-4-6-13-24/h7-10,14-16H,3-6,11-13H2,1-2H3,(H,22,25). The third-order valence-corrected chi connectivity index (χ3v) is 7.86. The normalized spacial score (nSPS) is 16.5. The van der Waals surface area contributed by atoms with E-state index >= 15 is 0 Å². The monoisotopic (exact) mass is 436 g/mol. The number of benzene rings is 1. The van der Waals surface area contributed by atoms with E-state index in [2.05, 4.69) is 17.2 Å². The lowest BCUT2D eigenvalue weighted by Gasteiger charge is -2.26. The minimum Gasteiger partial charge on any atom is -0.326 e. The van der Waals surface area contributed by atoms with Gasteiger partial charge < -0.3 is 9.88 Å². The molecule has 1 aliphatic rings. The number of hydrogen-bond donors (Lipinski definition) is 1. The molecule has 1 fully saturated rings. The predicted molar refractivity (Wildman–Crippen MR) is 116 cm³/mol. The zero-order valence-electron chi connectivity index (χ0n) is 16.9. The molecule has 7 nitrogen and oxygen atoms in total. The smallest absolute Gasteiger partial charge is 0.243 e. The molecule has 0 radical (unpaired) electrons. The summed E-state index contributed by atoms with van der Waals surface area (Å²) in [4.78, 5) is 17.2. The molecule has 1 atom stereocenters. The van der Waals surface area contributed by atoms with Gasteiger partial charge in [-0.05, 0) is 44.4 Å². The number of amides is 1. The molecule has 1 N–H and O–H groups in total. The summed E-state index contributed by atoms with van der Waals surface area (Å²) in [6.45, 7) is 5.87. The van der Waals surface area contributed by atoms with Crippen LogP contribution in [0.25, 0.3) is 0 Å². The third kappa shape index (κ3) is 5.40. The fraction of sp³-hybridized carbons (Fsp3) is 0.500. The Morgan fingerprint density at radius 2 is 2.03 bits per heavy atom. The summed E-state index contributed by atoms with van der Waals surface area (Å²) in [6, 6.07) is 6.50. The van der Waals surface area contributed by atoms with Crippen LogP contribution in [-0.4, -0.2) is 46.5 Å². The minimum atomic E-state index is -3.53. The van der Waals surface area contributed by atoms with Crippen LogP contribution in [0.15, 0.2) is 46.7 Å². The average molecular weight is 437 g/mol. The quantitative estimate of drug-likeness (QED) is 0.640. The Balaban J connectivity index is 1.67. The molecule has 9 heteroatoms. The first-order valence-corrected chi connectivity index (χ1v) is 12.3. The van der Waals surface area contributed by atoms with Crippen molar-refractivity contribution in [3.05, 3.63) is 36.7 Å². The van der Waals surface area contributed by atoms with Gasteiger partial charge in [-0.3, -0.25) is 4.79 Å². The molecular weight excluding hydrogens is 408 g/mol. The zero-order chi connectivity index (χ0) is 20.9. The number of rotatable bonds is 8. The van der Waals surface area contributed by atoms with E-state index in [1.54, 1.807) is 24.4 Å². The van der Waals surface area contributed by atoms with E-state index in [1.807, 2.05) is 17.7 Å². The number of anilines is 1. The van der Waals surface area contributed by atoms with E-state index in [0.717, 1.165) is 37.4 Å². The molecule has 2 aromatic rings. The number of aryl methyl sites for hydroxylation is 1. The van der Waals surface area contributed by atoms with Gasteiger partial charge in [-0.2, -0.15) is 4.31 Å². The molecule has 1 amide bonds. The van der Waals surface area contributed by atoms with Crippen molar-refractivity contribution in [1.82, 2.24) is 13.9 Å². The van der Waals surface area contributed by atoms with E-state index < -0.39 is 10.0 Å². The van der Waals surface area contributed by atoms with Crippen LogP contribution in [0.1, 0.15) is 39.5 Å². The molecule has 158 valence electrons. The van der Waals surface area contributed by atoms with Crippen LogP contribution in [0.5, 0.6) is 0 Å². The van der Waals surface area contributed by atoms with Gasteiger partial charge >= 0.3 is 0 Å². The Hall–Kier alpha value is -1.84. The first-order chi connectivity index (χ1) is 13.9. The predicted octanol–water partition coefficient (Wildman–Crippen LogP) is 3.59. The fourth-order valence-corrected chi connectivity index (χ4v) is 5.72. The summed E-state index contributed by atoms with van der Waals surface area (Å²) in [5.41, 5.74) is 0.484. The van der Waals surface area contributed by atoms with Gasteiger partial charge in [-0.1, -0.05) is 31.2 Å². The highest BCUT2D eigenvalue weighted by molar-refractivity contribution is 8.00. The van der Waals surface area contributed by atoms with E-state index in [4.69, 9.17) is 0 Å². The molecule has 2 heterocycles. The Morgan fingerprint density at radius 3 is 2.76 bits per heavy atom. The molecule has 0 bridgehead atoms. The lowest BCUT2D eigenvalue weighted by Crippen LogP contribution is -2.35. The molecule has 3 rings (SSSR count). The van der Waals surface area contributed by atoms with Gasteiger partial charge in [0.2, 0.25) is 15.9 Å². The Kier molecular flexibility index (Phi) is 7.37. The molecule has 29 heavy (non-hydrogen) atoms. The summed E-state index contributed by atoms with van der Waals surface area (Å²) in [6.07, 6.45) is 7.47. The van der Waals surface area contributed by atoms with Crippen molar-refractivity contribution >= 4 is 33.4 Å². The Morgan fingerprint density at radius 1 is 1.28 bits per heavy atom. The summed E-state index contributed by atoms with van der Waals surface area (Å²) < 4.78 is 29.3. The number of aromatic nitrogens is 2. The van der Waals surface area contributed by atoms with Gasteiger partial charge in [-0.25, -0.2) is 13.4 Å². The number of sulfonamides is 1. The van der Waals surface area contributed by atoms with E-state index in [9.17, 15) is 13.2 Å². The van der Waals surface area contributed by atoms with Crippen LogP contribution in [-0.2, 0) is 21.4 Å². The Labute approximate surface area is 176 Å². The van der Waals surface area contributed by atoms with Crippen molar-refractivity contribution in [1.29, 1.82) is 0 Å². The first-order valence-electron chi connectivity index (χ1n) is 10.0. The zero-order valence-corrected chi connectivity index (χ0v) is 18.5. The summed E-state index contributed by atoms with van der Waals surface area (Å²) in [5, 5.41) is 3.28. The van der Waals surface area contributed by atoms with Crippen molar-refractivity contribution in [2.75, 3.05) is 18.4 Å². The topological polar surface area (TPSA) is 84.3 Å². The van der Waals surface area contributed by atoms with Crippen LogP contribution in [0.4, 0.5) is 5.69 Å². The fourth-order valence-electron chi connectivity index (χ4n) is 3.27. The molecule has 1 unspecified atom stereocenters. The van der Waals surface area contributed by atoms with Gasteiger partial charge in [0.15, 0.2) is 5.16 Å². The second kappa shape index (κ2) is 9.77. The number of piperidine rings is 1. The number of carbonyl (C=O) groups excluding carboxylic acids is 1. The number of carbonyl (C=O) groups is 1. The number of nitrogens with one attached hydrogen (secondary N) is 1. The molecule has 1 aliphatic heterocycles. The highest BCUT2D eigenvalue weighted by Crippen LogP contribution is 2.25. The molecule has 0 spiro atoms. The first kappa shape index (κ1) is 21.9. The number of hydrogen-bond acceptors (Lipinski definition) is 5. The maximum atomic E-state index is 12.9. The molecule has 1 aromatic heterocycles. The van der Waals surface area contributed by atoms with Gasteiger partial charge in [0.1, 0.15) is 0 Å². The highest BCUT2D eigenvalue weighted by Gasteiger charge is 2.26. The third-order valence-electron chi connectivity index (χ3n) is 4.85. The van der Waals surface area contributed by atoms with Crippen LogP contribution >= 0.6 is 11.8 Å². The van der Waals surface area contributed by atoms with E-state index in [-0.39, 0.29) is 16.1 Å². The van der Waals surface area contributed by atoms with Gasteiger partial charge in [0.05, 0.1) is 10.1 Å². The van der Waals surface area contributed by atoms with Crippen LogP contribution in [0.2, 0.25) is 0 Å². The average Bonchev–Trinajstić information content (AvgIpc) is 3.16. The van der Waals surface area contributed by atoms with Crippen molar-refractivity contribution in [3.8, 4) is 0 Å². The highest BCUT2D eigenvalue weighted by atomic mass is 32.2. The van der Waals surface area contributed by atoms with Gasteiger partial charge in [0.25, 0.3) is 0 Å². The summed E-state index contributed by atoms with van der Waals surface area (Å²) in [7, 11) is -3.53. The maximum Gasteiger partial charge on any atom is 0.243 e. The number of imidazole rings is 1. The van der Waals surface area contributed by atoms with E-state index in [0.29, 0.717) is 18.8 Å². The van der Waals surface area contributed by atoms with Gasteiger partial charge in [-0.15, -0.1) is 0 Å². The minimum absolute atomic E-state index is 0.187. The van der Waals surface area contributed by atoms with Crippen molar-refractivity contribution in [2.24, 2.45) is 0 Å². The molecule has 0 aliphatic carbocycles. The largest absolute Gasteiger partial charge is 0.326 e. The number of nitrogens with zero attached hydrogens (tertiary/aromatic N) is 3. The lowest BCUT2D eigenvalue weighted by molar-refractivity contribution is -0.115. The van der Waals surface area contributed by atoms with Crippen molar-refractivity contribution in [3.63, 3.8) is 0 Å². The maximum absolute atomic E-state index is 12.9. The number of thioether (sulfide) groups is 1. The summed E-state index contributed by atoms with van der Waals surface area (Å²) in [5.74, 6) is -0.187. The molecular formula is C20H28N4O3S2. The van der Waals surface area contributed by atoms with Crippen LogP contribution < -0.4 is 5.32 Å². The second-order valence-corrected chi connectivity index (χ2v) is 10.4. The Bertz CT molecular complexity index is 937.